The zero-order valence-corrected chi connectivity index (χ0v) is 22.3. The Morgan fingerprint density at radius 1 is 1.18 bits per heavy atom. The van der Waals surface area contributed by atoms with Gasteiger partial charge in [-0.2, -0.15) is 0 Å². The standard InChI is InChI=1S/C29H35ClN2OS/c1-19-11-13-28(31-18-19)29-21(3)20(2)26(14-12-25(29)30)32-27-10-6-8-23-17-22(15-16-34(4)33)7-5-9-24(23)27/h6,8,10-14,18,22,25,29H,5,7,9,15-17H2,1-4H3. The van der Waals surface area contributed by atoms with Crippen LogP contribution in [0.1, 0.15) is 61.4 Å². The van der Waals surface area contributed by atoms with Gasteiger partial charge in [-0.1, -0.05) is 29.8 Å². The second kappa shape index (κ2) is 11.1. The number of rotatable bonds is 5. The molecule has 0 aliphatic heterocycles. The molecule has 34 heavy (non-hydrogen) atoms. The van der Waals surface area contributed by atoms with Crippen molar-refractivity contribution >= 4 is 33.8 Å². The van der Waals surface area contributed by atoms with Crippen molar-refractivity contribution in [3.8, 4) is 0 Å². The monoisotopic (exact) mass is 494 g/mol. The van der Waals surface area contributed by atoms with Crippen LogP contribution in [0.4, 0.5) is 5.69 Å². The highest BCUT2D eigenvalue weighted by Gasteiger charge is 2.27. The van der Waals surface area contributed by atoms with Gasteiger partial charge >= 0.3 is 0 Å². The van der Waals surface area contributed by atoms with Crippen molar-refractivity contribution < 1.29 is 4.21 Å². The smallest absolute Gasteiger partial charge is 0.0671 e. The van der Waals surface area contributed by atoms with E-state index in [1.165, 1.54) is 28.7 Å². The molecule has 0 spiro atoms. The summed E-state index contributed by atoms with van der Waals surface area (Å²) < 4.78 is 11.6. The number of aromatic nitrogens is 1. The number of nitrogens with zero attached hydrogens (tertiary/aromatic N) is 2. The van der Waals surface area contributed by atoms with E-state index in [1.54, 1.807) is 0 Å². The minimum atomic E-state index is -0.720. The molecule has 0 N–H and O–H groups in total. The zero-order valence-electron chi connectivity index (χ0n) is 20.7. The van der Waals surface area contributed by atoms with Crippen molar-refractivity contribution in [3.05, 3.63) is 82.2 Å². The van der Waals surface area contributed by atoms with Gasteiger partial charge in [-0.3, -0.25) is 9.19 Å². The van der Waals surface area contributed by atoms with Crippen molar-refractivity contribution in [1.82, 2.24) is 4.98 Å². The lowest BCUT2D eigenvalue weighted by molar-refractivity contribution is 0.468. The Bertz CT molecular complexity index is 1150. The Morgan fingerprint density at radius 3 is 2.74 bits per heavy atom. The second-order valence-corrected chi connectivity index (χ2v) is 11.8. The van der Waals surface area contributed by atoms with Crippen molar-refractivity contribution in [3.63, 3.8) is 0 Å². The summed E-state index contributed by atoms with van der Waals surface area (Å²) in [6.07, 6.45) is 13.4. The molecule has 0 radical (unpaired) electrons. The SMILES string of the molecule is CC1=C(C)C(c2ccc(C)cn2)C(Cl)C=CC1=Nc1cccc2c1CCCC(CCS(C)=O)C2. The second-order valence-electron chi connectivity index (χ2n) is 9.79. The summed E-state index contributed by atoms with van der Waals surface area (Å²) in [5.41, 5.74) is 9.36. The lowest BCUT2D eigenvalue weighted by Gasteiger charge is -2.21. The minimum Gasteiger partial charge on any atom is -0.260 e. The van der Waals surface area contributed by atoms with Crippen LogP contribution in [-0.4, -0.2) is 32.3 Å². The van der Waals surface area contributed by atoms with Gasteiger partial charge in [-0.05, 0) is 99.3 Å². The van der Waals surface area contributed by atoms with Crippen LogP contribution in [0.15, 0.2) is 64.8 Å². The summed E-state index contributed by atoms with van der Waals surface area (Å²) >= 11 is 6.86. The quantitative estimate of drug-likeness (QED) is 0.331. The van der Waals surface area contributed by atoms with E-state index in [-0.39, 0.29) is 11.3 Å². The summed E-state index contributed by atoms with van der Waals surface area (Å²) in [6, 6.07) is 10.7. The van der Waals surface area contributed by atoms with Crippen LogP contribution in [0.25, 0.3) is 0 Å². The predicted octanol–water partition coefficient (Wildman–Crippen LogP) is 7.02. The van der Waals surface area contributed by atoms with Crippen LogP contribution >= 0.6 is 11.6 Å². The fourth-order valence-electron chi connectivity index (χ4n) is 5.16. The molecular weight excluding hydrogens is 460 g/mol. The molecule has 1 aromatic carbocycles. The molecule has 0 saturated carbocycles. The Morgan fingerprint density at radius 2 is 2.00 bits per heavy atom. The molecule has 1 heterocycles. The van der Waals surface area contributed by atoms with E-state index in [1.807, 2.05) is 12.5 Å². The highest BCUT2D eigenvalue weighted by molar-refractivity contribution is 7.84. The van der Waals surface area contributed by atoms with Crippen LogP contribution in [0, 0.1) is 12.8 Å². The van der Waals surface area contributed by atoms with E-state index in [0.29, 0.717) is 5.92 Å². The fourth-order valence-corrected chi connectivity index (χ4v) is 6.21. The number of aliphatic imine (C=N–C) groups is 1. The minimum absolute atomic E-state index is 0.0315. The molecule has 4 atom stereocenters. The molecule has 180 valence electrons. The highest BCUT2D eigenvalue weighted by atomic mass is 35.5. The average molecular weight is 495 g/mol. The van der Waals surface area contributed by atoms with Gasteiger partial charge in [-0.15, -0.1) is 11.6 Å². The van der Waals surface area contributed by atoms with Crippen molar-refractivity contribution in [2.45, 2.75) is 64.2 Å². The first-order valence-electron chi connectivity index (χ1n) is 12.3. The molecule has 5 heteroatoms. The van der Waals surface area contributed by atoms with Crippen LogP contribution in [0.5, 0.6) is 0 Å². The molecule has 0 amide bonds. The summed E-state index contributed by atoms with van der Waals surface area (Å²) in [6.45, 7) is 6.36. The number of aryl methyl sites for hydroxylation is 1. The van der Waals surface area contributed by atoms with Gasteiger partial charge in [0.15, 0.2) is 0 Å². The van der Waals surface area contributed by atoms with Crippen LogP contribution in [0.3, 0.4) is 0 Å². The van der Waals surface area contributed by atoms with Crippen LogP contribution in [-0.2, 0) is 23.6 Å². The molecule has 1 aromatic heterocycles. The Hall–Kier alpha value is -2.04. The predicted molar refractivity (Wildman–Crippen MR) is 146 cm³/mol. The maximum atomic E-state index is 11.6. The number of halogens is 1. The maximum Gasteiger partial charge on any atom is 0.0671 e. The molecule has 3 nitrogen and oxygen atoms in total. The van der Waals surface area contributed by atoms with E-state index in [0.717, 1.165) is 54.1 Å². The van der Waals surface area contributed by atoms with Gasteiger partial charge in [-0.25, -0.2) is 4.99 Å². The van der Waals surface area contributed by atoms with Crippen molar-refractivity contribution in [1.29, 1.82) is 0 Å². The molecule has 4 rings (SSSR count). The van der Waals surface area contributed by atoms with E-state index in [9.17, 15) is 4.21 Å². The van der Waals surface area contributed by atoms with Crippen molar-refractivity contribution in [2.75, 3.05) is 12.0 Å². The Balaban J connectivity index is 1.67. The third-order valence-electron chi connectivity index (χ3n) is 7.30. The van der Waals surface area contributed by atoms with Gasteiger partial charge in [0.2, 0.25) is 0 Å². The van der Waals surface area contributed by atoms with Gasteiger partial charge < -0.3 is 0 Å². The number of hydrogen-bond acceptors (Lipinski definition) is 3. The normalized spacial score (nSPS) is 25.1. The highest BCUT2D eigenvalue weighted by Crippen LogP contribution is 2.37. The average Bonchev–Trinajstić information content (AvgIpc) is 3.08. The molecule has 2 aliphatic rings. The first kappa shape index (κ1) is 25.1. The Labute approximate surface area is 211 Å². The van der Waals surface area contributed by atoms with Gasteiger partial charge in [0.1, 0.15) is 0 Å². The number of hydrogen-bond donors (Lipinski definition) is 0. The molecule has 0 fully saturated rings. The van der Waals surface area contributed by atoms with E-state index >= 15 is 0 Å². The van der Waals surface area contributed by atoms with Crippen molar-refractivity contribution in [2.24, 2.45) is 10.9 Å². The largest absolute Gasteiger partial charge is 0.260 e. The summed E-state index contributed by atoms with van der Waals surface area (Å²) in [5, 5.41) is -0.171. The molecular formula is C29H35ClN2OS. The molecule has 0 bridgehead atoms. The Kier molecular flexibility index (Phi) is 8.21. The first-order chi connectivity index (χ1) is 16.3. The number of fused-ring (bicyclic) bond motifs is 1. The lowest BCUT2D eigenvalue weighted by atomic mass is 9.90. The lowest BCUT2D eigenvalue weighted by Crippen LogP contribution is -2.14. The van der Waals surface area contributed by atoms with Crippen LogP contribution < -0.4 is 0 Å². The molecule has 2 aromatic rings. The van der Waals surface area contributed by atoms with E-state index < -0.39 is 10.8 Å². The third-order valence-corrected chi connectivity index (χ3v) is 8.51. The van der Waals surface area contributed by atoms with Gasteiger partial charge in [0, 0.05) is 40.6 Å². The first-order valence-corrected chi connectivity index (χ1v) is 14.4. The van der Waals surface area contributed by atoms with Gasteiger partial charge in [0.25, 0.3) is 0 Å². The van der Waals surface area contributed by atoms with Gasteiger partial charge in [0.05, 0.1) is 16.8 Å². The third kappa shape index (κ3) is 5.78. The molecule has 4 unspecified atom stereocenters. The zero-order chi connectivity index (χ0) is 24.2. The summed E-state index contributed by atoms with van der Waals surface area (Å²) in [7, 11) is -0.720. The molecule has 2 aliphatic carbocycles. The van der Waals surface area contributed by atoms with E-state index in [2.05, 4.69) is 68.2 Å². The number of benzene rings is 1. The summed E-state index contributed by atoms with van der Waals surface area (Å²) in [5.74, 6) is 1.44. The van der Waals surface area contributed by atoms with E-state index in [4.69, 9.17) is 16.6 Å². The van der Waals surface area contributed by atoms with Crippen LogP contribution in [0.2, 0.25) is 0 Å². The molecule has 0 saturated heterocycles. The number of pyridine rings is 1. The topological polar surface area (TPSA) is 42.3 Å². The maximum absolute atomic E-state index is 11.6. The summed E-state index contributed by atoms with van der Waals surface area (Å²) in [4.78, 5) is 9.86. The number of allylic oxidation sites excluding steroid dienone is 4. The fraction of sp³-hybridized carbons (Fsp3) is 0.448. The number of alkyl halides is 1.